The Labute approximate surface area is 130 Å². The summed E-state index contributed by atoms with van der Waals surface area (Å²) in [7, 11) is 0. The van der Waals surface area contributed by atoms with E-state index in [1.165, 1.54) is 42.5 Å². The third-order valence-electron chi connectivity index (χ3n) is 3.17. The first-order chi connectivity index (χ1) is 11.0. The highest BCUT2D eigenvalue weighted by Gasteiger charge is 2.24. The highest BCUT2D eigenvalue weighted by Crippen LogP contribution is 2.19. The highest BCUT2D eigenvalue weighted by molar-refractivity contribution is 6.12. The molecule has 0 amide bonds. The number of carboxylic acid groups (broad SMARTS) is 1. The van der Waals surface area contributed by atoms with Gasteiger partial charge >= 0.3 is 11.9 Å². The molecule has 0 bridgehead atoms. The van der Waals surface area contributed by atoms with Gasteiger partial charge in [-0.25, -0.2) is 19.0 Å². The van der Waals surface area contributed by atoms with Crippen LogP contribution >= 0.6 is 0 Å². The number of halogens is 1. The fourth-order valence-corrected chi connectivity index (χ4v) is 2.00. The molecule has 0 saturated heterocycles. The fraction of sp³-hybridized carbons (Fsp3) is 0. The van der Waals surface area contributed by atoms with Crippen molar-refractivity contribution in [2.24, 2.45) is 4.99 Å². The van der Waals surface area contributed by atoms with E-state index in [-0.39, 0.29) is 17.2 Å². The second-order valence-electron chi connectivity index (χ2n) is 4.77. The monoisotopic (exact) mass is 311 g/mol. The van der Waals surface area contributed by atoms with Gasteiger partial charge in [-0.05, 0) is 48.0 Å². The van der Waals surface area contributed by atoms with Crippen molar-refractivity contribution in [1.82, 2.24) is 0 Å². The molecule has 23 heavy (non-hydrogen) atoms. The molecule has 3 rings (SSSR count). The minimum Gasteiger partial charge on any atom is -0.478 e. The molecule has 0 aromatic heterocycles. The lowest BCUT2D eigenvalue weighted by molar-refractivity contribution is -0.129. The standard InChI is InChI=1S/C17H10FNO4/c18-13-7-5-11(6-8-13)15-19-14(17(22)23-15)9-10-1-3-12(4-2-10)16(20)21/h1-9H,(H,20,21)/b14-9+. The molecule has 0 radical (unpaired) electrons. The molecule has 0 atom stereocenters. The number of rotatable bonds is 3. The maximum Gasteiger partial charge on any atom is 0.363 e. The van der Waals surface area contributed by atoms with Crippen molar-refractivity contribution in [2.45, 2.75) is 0 Å². The van der Waals surface area contributed by atoms with E-state index < -0.39 is 17.8 Å². The number of carbonyl (C=O) groups is 2. The van der Waals surface area contributed by atoms with E-state index in [1.807, 2.05) is 0 Å². The summed E-state index contributed by atoms with van der Waals surface area (Å²) < 4.78 is 18.0. The number of benzene rings is 2. The van der Waals surface area contributed by atoms with E-state index in [2.05, 4.69) is 4.99 Å². The van der Waals surface area contributed by atoms with E-state index in [9.17, 15) is 14.0 Å². The summed E-state index contributed by atoms with van der Waals surface area (Å²) in [5.41, 5.74) is 1.35. The maximum atomic E-state index is 12.9. The van der Waals surface area contributed by atoms with Crippen molar-refractivity contribution >= 4 is 23.9 Å². The number of esters is 1. The fourth-order valence-electron chi connectivity index (χ4n) is 2.00. The molecule has 0 aliphatic carbocycles. The Morgan fingerprint density at radius 1 is 1.09 bits per heavy atom. The number of hydrogen-bond acceptors (Lipinski definition) is 4. The van der Waals surface area contributed by atoms with Crippen LogP contribution in [-0.2, 0) is 9.53 Å². The van der Waals surface area contributed by atoms with Crippen LogP contribution in [0.25, 0.3) is 6.08 Å². The molecule has 5 nitrogen and oxygen atoms in total. The smallest absolute Gasteiger partial charge is 0.363 e. The SMILES string of the molecule is O=C1OC(c2ccc(F)cc2)=N/C1=C/c1ccc(C(=O)O)cc1. The van der Waals surface area contributed by atoms with Crippen LogP contribution in [0.3, 0.4) is 0 Å². The number of ether oxygens (including phenoxy) is 1. The van der Waals surface area contributed by atoms with Crippen LogP contribution in [0.5, 0.6) is 0 Å². The molecule has 0 spiro atoms. The van der Waals surface area contributed by atoms with Gasteiger partial charge in [-0.2, -0.15) is 0 Å². The lowest BCUT2D eigenvalue weighted by Crippen LogP contribution is -2.05. The second-order valence-corrected chi connectivity index (χ2v) is 4.77. The van der Waals surface area contributed by atoms with E-state index >= 15 is 0 Å². The average Bonchev–Trinajstić information content (AvgIpc) is 2.89. The largest absolute Gasteiger partial charge is 0.478 e. The van der Waals surface area contributed by atoms with Gasteiger partial charge in [-0.1, -0.05) is 12.1 Å². The Morgan fingerprint density at radius 3 is 2.35 bits per heavy atom. The molecule has 2 aromatic rings. The third-order valence-corrected chi connectivity index (χ3v) is 3.17. The number of carboxylic acids is 1. The molecule has 2 aromatic carbocycles. The molecule has 1 heterocycles. The number of cyclic esters (lactones) is 1. The van der Waals surface area contributed by atoms with Crippen molar-refractivity contribution in [3.8, 4) is 0 Å². The Kier molecular flexibility index (Phi) is 3.72. The molecule has 1 N–H and O–H groups in total. The quantitative estimate of drug-likeness (QED) is 0.698. The Bertz CT molecular complexity index is 836. The van der Waals surface area contributed by atoms with Crippen LogP contribution in [0.4, 0.5) is 4.39 Å². The normalized spacial score (nSPS) is 15.4. The van der Waals surface area contributed by atoms with E-state index in [0.29, 0.717) is 11.1 Å². The van der Waals surface area contributed by atoms with Crippen molar-refractivity contribution in [1.29, 1.82) is 0 Å². The number of nitrogens with zero attached hydrogens (tertiary/aromatic N) is 1. The zero-order chi connectivity index (χ0) is 16.4. The zero-order valence-electron chi connectivity index (χ0n) is 11.7. The van der Waals surface area contributed by atoms with Gasteiger partial charge in [0.1, 0.15) is 5.82 Å². The van der Waals surface area contributed by atoms with E-state index in [0.717, 1.165) is 0 Å². The first-order valence-corrected chi connectivity index (χ1v) is 6.65. The Hall–Kier alpha value is -3.28. The molecule has 6 heteroatoms. The highest BCUT2D eigenvalue weighted by atomic mass is 19.1. The zero-order valence-corrected chi connectivity index (χ0v) is 11.7. The van der Waals surface area contributed by atoms with Crippen LogP contribution < -0.4 is 0 Å². The summed E-state index contributed by atoms with van der Waals surface area (Å²) in [6.07, 6.45) is 1.49. The van der Waals surface area contributed by atoms with E-state index in [1.54, 1.807) is 12.1 Å². The third kappa shape index (κ3) is 3.16. The van der Waals surface area contributed by atoms with Gasteiger partial charge in [0.2, 0.25) is 5.90 Å². The number of aromatic carboxylic acids is 1. The van der Waals surface area contributed by atoms with Crippen LogP contribution in [0.1, 0.15) is 21.5 Å². The molecule has 0 fully saturated rings. The minimum absolute atomic E-state index is 0.0902. The maximum absolute atomic E-state index is 12.9. The molecule has 0 unspecified atom stereocenters. The van der Waals surface area contributed by atoms with Crippen LogP contribution in [0, 0.1) is 5.82 Å². The van der Waals surface area contributed by atoms with Crippen LogP contribution in [0.15, 0.2) is 59.2 Å². The van der Waals surface area contributed by atoms with Gasteiger partial charge in [0.05, 0.1) is 5.56 Å². The predicted molar refractivity (Wildman–Crippen MR) is 80.4 cm³/mol. The summed E-state index contributed by atoms with van der Waals surface area (Å²) in [6.45, 7) is 0. The second kappa shape index (κ2) is 5.84. The summed E-state index contributed by atoms with van der Waals surface area (Å²) in [5, 5.41) is 8.84. The molecule has 114 valence electrons. The van der Waals surface area contributed by atoms with Gasteiger partial charge in [0.15, 0.2) is 5.70 Å². The summed E-state index contributed by atoms with van der Waals surface area (Å²) in [5.74, 6) is -1.94. The molecule has 1 aliphatic rings. The van der Waals surface area contributed by atoms with Crippen molar-refractivity contribution in [3.05, 3.63) is 76.7 Å². The first kappa shape index (κ1) is 14.6. The van der Waals surface area contributed by atoms with Gasteiger partial charge in [-0.3, -0.25) is 0 Å². The average molecular weight is 311 g/mol. The lowest BCUT2D eigenvalue weighted by Gasteiger charge is -1.98. The summed E-state index contributed by atoms with van der Waals surface area (Å²) in [4.78, 5) is 26.7. The van der Waals surface area contributed by atoms with Gasteiger partial charge in [0, 0.05) is 5.56 Å². The first-order valence-electron chi connectivity index (χ1n) is 6.65. The van der Waals surface area contributed by atoms with E-state index in [4.69, 9.17) is 9.84 Å². The molecular weight excluding hydrogens is 301 g/mol. The minimum atomic E-state index is -1.03. The van der Waals surface area contributed by atoms with Crippen molar-refractivity contribution < 1.29 is 23.8 Å². The Morgan fingerprint density at radius 2 is 1.74 bits per heavy atom. The molecule has 0 saturated carbocycles. The summed E-state index contributed by atoms with van der Waals surface area (Å²) >= 11 is 0. The number of hydrogen-bond donors (Lipinski definition) is 1. The number of carbonyl (C=O) groups excluding carboxylic acids is 1. The van der Waals surface area contributed by atoms with Gasteiger partial charge < -0.3 is 9.84 Å². The number of aliphatic imine (C=N–C) groups is 1. The van der Waals surface area contributed by atoms with Crippen LogP contribution in [-0.4, -0.2) is 22.9 Å². The predicted octanol–water partition coefficient (Wildman–Crippen LogP) is 2.87. The topological polar surface area (TPSA) is 76.0 Å². The van der Waals surface area contributed by atoms with Crippen molar-refractivity contribution in [3.63, 3.8) is 0 Å². The summed E-state index contributed by atoms with van der Waals surface area (Å²) in [6, 6.07) is 11.4. The molecular formula is C17H10FNO4. The van der Waals surface area contributed by atoms with Crippen molar-refractivity contribution in [2.75, 3.05) is 0 Å². The van der Waals surface area contributed by atoms with Gasteiger partial charge in [-0.15, -0.1) is 0 Å². The lowest BCUT2D eigenvalue weighted by atomic mass is 10.1. The van der Waals surface area contributed by atoms with Crippen LogP contribution in [0.2, 0.25) is 0 Å². The van der Waals surface area contributed by atoms with Gasteiger partial charge in [0.25, 0.3) is 0 Å². The molecule has 1 aliphatic heterocycles. The Balaban J connectivity index is 1.88.